The second-order valence-corrected chi connectivity index (χ2v) is 7.40. The smallest absolute Gasteiger partial charge is 0.191 e. The van der Waals surface area contributed by atoms with Crippen molar-refractivity contribution in [3.05, 3.63) is 59.2 Å². The quantitative estimate of drug-likeness (QED) is 0.575. The molecular weight excluding hydrogens is 362 g/mol. The van der Waals surface area contributed by atoms with Crippen LogP contribution in [0.3, 0.4) is 0 Å². The average molecular weight is 388 g/mol. The Morgan fingerprint density at radius 3 is 2.43 bits per heavy atom. The van der Waals surface area contributed by atoms with Crippen LogP contribution in [0.5, 0.6) is 11.5 Å². The number of Topliss-reactive ketones (excluding diaryl/α,β-unsaturated/α-hetero) is 1. The molecule has 1 aliphatic rings. The van der Waals surface area contributed by atoms with Crippen molar-refractivity contribution in [1.82, 2.24) is 0 Å². The number of benzene rings is 2. The van der Waals surface area contributed by atoms with E-state index in [2.05, 4.69) is 0 Å². The van der Waals surface area contributed by atoms with E-state index in [1.807, 2.05) is 24.3 Å². The highest BCUT2D eigenvalue weighted by atomic mass is 19.1. The SMILES string of the molecule is CC(=O)CCc1cc(F)c(OCc2cccc(OC3CCCCC3)c2)c(F)c1. The van der Waals surface area contributed by atoms with Crippen LogP contribution in [-0.4, -0.2) is 11.9 Å². The molecule has 3 rings (SSSR count). The van der Waals surface area contributed by atoms with Gasteiger partial charge in [-0.05, 0) is 74.4 Å². The van der Waals surface area contributed by atoms with Gasteiger partial charge in [0.2, 0.25) is 0 Å². The van der Waals surface area contributed by atoms with Crippen molar-refractivity contribution >= 4 is 5.78 Å². The van der Waals surface area contributed by atoms with E-state index in [-0.39, 0.29) is 24.9 Å². The zero-order valence-electron chi connectivity index (χ0n) is 16.2. The first kappa shape index (κ1) is 20.3. The van der Waals surface area contributed by atoms with E-state index >= 15 is 0 Å². The molecule has 2 aromatic carbocycles. The number of hydrogen-bond acceptors (Lipinski definition) is 3. The van der Waals surface area contributed by atoms with Crippen molar-refractivity contribution in [2.24, 2.45) is 0 Å². The fourth-order valence-corrected chi connectivity index (χ4v) is 3.45. The van der Waals surface area contributed by atoms with Crippen LogP contribution in [0.15, 0.2) is 36.4 Å². The van der Waals surface area contributed by atoms with Crippen LogP contribution in [0.4, 0.5) is 8.78 Å². The molecule has 1 saturated carbocycles. The van der Waals surface area contributed by atoms with Crippen LogP contribution >= 0.6 is 0 Å². The van der Waals surface area contributed by atoms with Gasteiger partial charge in [0.05, 0.1) is 6.10 Å². The Labute approximate surface area is 164 Å². The fraction of sp³-hybridized carbons (Fsp3) is 0.435. The second-order valence-electron chi connectivity index (χ2n) is 7.40. The minimum atomic E-state index is -0.756. The van der Waals surface area contributed by atoms with Crippen molar-refractivity contribution < 1.29 is 23.0 Å². The Morgan fingerprint density at radius 1 is 1.04 bits per heavy atom. The fourth-order valence-electron chi connectivity index (χ4n) is 3.45. The van der Waals surface area contributed by atoms with Gasteiger partial charge in [-0.3, -0.25) is 0 Å². The van der Waals surface area contributed by atoms with Gasteiger partial charge in [0.25, 0.3) is 0 Å². The monoisotopic (exact) mass is 388 g/mol. The van der Waals surface area contributed by atoms with Gasteiger partial charge in [-0.25, -0.2) is 8.78 Å². The first-order chi connectivity index (χ1) is 13.5. The van der Waals surface area contributed by atoms with Crippen LogP contribution < -0.4 is 9.47 Å². The lowest BCUT2D eigenvalue weighted by Gasteiger charge is -2.23. The molecule has 2 aromatic rings. The third kappa shape index (κ3) is 5.78. The van der Waals surface area contributed by atoms with E-state index in [9.17, 15) is 13.6 Å². The molecule has 0 atom stereocenters. The molecule has 3 nitrogen and oxygen atoms in total. The molecule has 0 spiro atoms. The molecule has 0 unspecified atom stereocenters. The van der Waals surface area contributed by atoms with Gasteiger partial charge in [0.1, 0.15) is 18.1 Å². The van der Waals surface area contributed by atoms with Crippen LogP contribution in [-0.2, 0) is 17.8 Å². The van der Waals surface area contributed by atoms with Crippen LogP contribution in [0.1, 0.15) is 56.6 Å². The van der Waals surface area contributed by atoms with Gasteiger partial charge < -0.3 is 14.3 Å². The largest absolute Gasteiger partial charge is 0.490 e. The zero-order chi connectivity index (χ0) is 19.9. The maximum Gasteiger partial charge on any atom is 0.191 e. The summed E-state index contributed by atoms with van der Waals surface area (Å²) in [5, 5.41) is 0. The number of hydrogen-bond donors (Lipinski definition) is 0. The van der Waals surface area contributed by atoms with Gasteiger partial charge in [-0.15, -0.1) is 0 Å². The summed E-state index contributed by atoms with van der Waals surface area (Å²) in [6.45, 7) is 1.50. The van der Waals surface area contributed by atoms with Crippen molar-refractivity contribution in [1.29, 1.82) is 0 Å². The summed E-state index contributed by atoms with van der Waals surface area (Å²) in [5.41, 5.74) is 1.23. The maximum absolute atomic E-state index is 14.3. The molecule has 28 heavy (non-hydrogen) atoms. The number of rotatable bonds is 8. The van der Waals surface area contributed by atoms with Gasteiger partial charge in [0.15, 0.2) is 17.4 Å². The lowest BCUT2D eigenvalue weighted by Crippen LogP contribution is -2.19. The predicted molar refractivity (Wildman–Crippen MR) is 104 cm³/mol. The predicted octanol–water partition coefficient (Wildman–Crippen LogP) is 5.78. The molecule has 0 radical (unpaired) electrons. The van der Waals surface area contributed by atoms with Crippen LogP contribution in [0, 0.1) is 11.6 Å². The molecule has 0 aliphatic heterocycles. The molecule has 0 saturated heterocycles. The first-order valence-corrected chi connectivity index (χ1v) is 9.87. The van der Waals surface area contributed by atoms with Crippen molar-refractivity contribution in [3.8, 4) is 11.5 Å². The van der Waals surface area contributed by atoms with E-state index in [4.69, 9.17) is 9.47 Å². The Kier molecular flexibility index (Phi) is 7.01. The Balaban J connectivity index is 1.62. The Morgan fingerprint density at radius 2 is 1.75 bits per heavy atom. The molecule has 1 aliphatic carbocycles. The molecule has 0 amide bonds. The molecule has 150 valence electrons. The average Bonchev–Trinajstić information content (AvgIpc) is 2.67. The molecule has 0 bridgehead atoms. The zero-order valence-corrected chi connectivity index (χ0v) is 16.2. The molecule has 0 N–H and O–H groups in total. The lowest BCUT2D eigenvalue weighted by atomic mass is 9.98. The Hall–Kier alpha value is -2.43. The highest BCUT2D eigenvalue weighted by Gasteiger charge is 2.16. The Bertz CT molecular complexity index is 790. The van der Waals surface area contributed by atoms with Crippen molar-refractivity contribution in [2.75, 3.05) is 0 Å². The van der Waals surface area contributed by atoms with Gasteiger partial charge in [-0.1, -0.05) is 18.6 Å². The topological polar surface area (TPSA) is 35.5 Å². The van der Waals surface area contributed by atoms with E-state index in [0.29, 0.717) is 12.0 Å². The molecule has 5 heteroatoms. The second kappa shape index (κ2) is 9.67. The molecule has 0 heterocycles. The van der Waals surface area contributed by atoms with Crippen LogP contribution in [0.25, 0.3) is 0 Å². The molecule has 1 fully saturated rings. The minimum absolute atomic E-state index is 0.0172. The highest BCUT2D eigenvalue weighted by molar-refractivity contribution is 5.75. The lowest BCUT2D eigenvalue weighted by molar-refractivity contribution is -0.116. The normalized spacial score (nSPS) is 14.7. The summed E-state index contributed by atoms with van der Waals surface area (Å²) in [6, 6.07) is 9.89. The summed E-state index contributed by atoms with van der Waals surface area (Å²) < 4.78 is 39.9. The van der Waals surface area contributed by atoms with E-state index in [1.54, 1.807) is 0 Å². The summed E-state index contributed by atoms with van der Waals surface area (Å²) in [5.74, 6) is -1.17. The van der Waals surface area contributed by atoms with E-state index in [1.165, 1.54) is 38.3 Å². The maximum atomic E-state index is 14.3. The van der Waals surface area contributed by atoms with Gasteiger partial charge >= 0.3 is 0 Å². The third-order valence-electron chi connectivity index (χ3n) is 4.96. The number of carbonyl (C=O) groups is 1. The highest BCUT2D eigenvalue weighted by Crippen LogP contribution is 2.27. The molecular formula is C23H26F2O3. The number of carbonyl (C=O) groups excluding carboxylic acids is 1. The summed E-state index contributed by atoms with van der Waals surface area (Å²) >= 11 is 0. The number of aryl methyl sites for hydroxylation is 1. The van der Waals surface area contributed by atoms with Crippen LogP contribution in [0.2, 0.25) is 0 Å². The van der Waals surface area contributed by atoms with Crippen molar-refractivity contribution in [2.45, 2.75) is 64.6 Å². The third-order valence-corrected chi connectivity index (χ3v) is 4.96. The van der Waals surface area contributed by atoms with Crippen molar-refractivity contribution in [3.63, 3.8) is 0 Å². The van der Waals surface area contributed by atoms with Gasteiger partial charge in [0, 0.05) is 6.42 Å². The minimum Gasteiger partial charge on any atom is -0.490 e. The van der Waals surface area contributed by atoms with Gasteiger partial charge in [-0.2, -0.15) is 0 Å². The number of ketones is 1. The standard InChI is InChI=1S/C23H26F2O3/c1-16(26)10-11-17-13-21(24)23(22(25)14-17)27-15-18-6-5-9-20(12-18)28-19-7-3-2-4-8-19/h5-6,9,12-14,19H,2-4,7-8,10-11,15H2,1H3. The van der Waals surface area contributed by atoms with E-state index < -0.39 is 17.4 Å². The summed E-state index contributed by atoms with van der Waals surface area (Å²) in [6.07, 6.45) is 6.57. The van der Waals surface area contributed by atoms with E-state index in [0.717, 1.165) is 24.2 Å². The number of ether oxygens (including phenoxy) is 2. The summed E-state index contributed by atoms with van der Waals surface area (Å²) in [7, 11) is 0. The molecule has 0 aromatic heterocycles. The number of halogens is 2. The summed E-state index contributed by atoms with van der Waals surface area (Å²) in [4.78, 5) is 11.0. The first-order valence-electron chi connectivity index (χ1n) is 9.87.